The number of hydrogen-bond acceptors (Lipinski definition) is 7. The molecule has 2 rings (SSSR count). The van der Waals surface area contributed by atoms with Crippen molar-refractivity contribution in [3.05, 3.63) is 29.6 Å². The number of ether oxygens (including phenoxy) is 2. The zero-order chi connectivity index (χ0) is 19.9. The van der Waals surface area contributed by atoms with Crippen LogP contribution in [0.25, 0.3) is 0 Å². The minimum atomic E-state index is -3.91. The molecule has 1 saturated heterocycles. The molecule has 1 aromatic carbocycles. The van der Waals surface area contributed by atoms with Crippen molar-refractivity contribution in [2.45, 2.75) is 11.3 Å². The predicted octanol–water partition coefficient (Wildman–Crippen LogP) is 0.0333. The number of carbonyl (C=O) groups excluding carboxylic acids is 2. The van der Waals surface area contributed by atoms with Crippen molar-refractivity contribution in [1.82, 2.24) is 9.62 Å². The van der Waals surface area contributed by atoms with E-state index in [9.17, 15) is 22.4 Å². The molecule has 1 N–H and O–H groups in total. The lowest BCUT2D eigenvalue weighted by atomic mass is 10.2. The number of rotatable bonds is 7. The van der Waals surface area contributed by atoms with Crippen molar-refractivity contribution >= 4 is 21.9 Å². The van der Waals surface area contributed by atoms with Gasteiger partial charge in [0.2, 0.25) is 10.0 Å². The summed E-state index contributed by atoms with van der Waals surface area (Å²) >= 11 is 0. The van der Waals surface area contributed by atoms with Crippen LogP contribution < -0.4 is 5.32 Å². The van der Waals surface area contributed by atoms with Gasteiger partial charge < -0.3 is 14.8 Å². The molecule has 146 valence electrons. The molecule has 0 saturated carbocycles. The topological polar surface area (TPSA) is 126 Å². The first kappa shape index (κ1) is 20.8. The molecule has 0 spiro atoms. The van der Waals surface area contributed by atoms with E-state index in [1.807, 2.05) is 6.07 Å². The van der Waals surface area contributed by atoms with E-state index >= 15 is 0 Å². The lowest BCUT2D eigenvalue weighted by Crippen LogP contribution is -2.40. The van der Waals surface area contributed by atoms with Gasteiger partial charge in [-0.2, -0.15) is 9.57 Å². The maximum Gasteiger partial charge on any atom is 0.341 e. The molecule has 0 aliphatic carbocycles. The van der Waals surface area contributed by atoms with E-state index in [1.54, 1.807) is 0 Å². The second kappa shape index (κ2) is 9.40. The number of hydrogen-bond donors (Lipinski definition) is 1. The van der Waals surface area contributed by atoms with Gasteiger partial charge in [-0.05, 0) is 18.2 Å². The third-order valence-electron chi connectivity index (χ3n) is 3.66. The molecule has 1 aromatic rings. The molecule has 9 nitrogen and oxygen atoms in total. The first-order chi connectivity index (χ1) is 12.9. The number of morpholine rings is 1. The Balaban J connectivity index is 2.09. The van der Waals surface area contributed by atoms with Crippen LogP contribution in [0.1, 0.15) is 16.8 Å². The minimum Gasteiger partial charge on any atom is -0.452 e. The quantitative estimate of drug-likeness (QED) is 0.506. The fraction of sp³-hybridized carbons (Fsp3) is 0.438. The van der Waals surface area contributed by atoms with E-state index in [0.29, 0.717) is 0 Å². The largest absolute Gasteiger partial charge is 0.452 e. The summed E-state index contributed by atoms with van der Waals surface area (Å²) in [6.45, 7) is 0.218. The van der Waals surface area contributed by atoms with Crippen molar-refractivity contribution in [2.24, 2.45) is 0 Å². The molecular formula is C16H18FN3O6S. The van der Waals surface area contributed by atoms with Crippen LogP contribution >= 0.6 is 0 Å². The van der Waals surface area contributed by atoms with Crippen molar-refractivity contribution in [3.63, 3.8) is 0 Å². The summed E-state index contributed by atoms with van der Waals surface area (Å²) in [6.07, 6.45) is 0.0930. The fourth-order valence-corrected chi connectivity index (χ4v) is 3.71. The third-order valence-corrected chi connectivity index (χ3v) is 5.55. The highest BCUT2D eigenvalue weighted by Gasteiger charge is 2.28. The monoisotopic (exact) mass is 399 g/mol. The number of halogens is 1. The number of nitrogens with zero attached hydrogens (tertiary/aromatic N) is 2. The van der Waals surface area contributed by atoms with E-state index in [-0.39, 0.29) is 44.2 Å². The van der Waals surface area contributed by atoms with Gasteiger partial charge in [0, 0.05) is 19.6 Å². The first-order valence-corrected chi connectivity index (χ1v) is 9.48. The van der Waals surface area contributed by atoms with Crippen LogP contribution in [0.4, 0.5) is 4.39 Å². The predicted molar refractivity (Wildman–Crippen MR) is 89.5 cm³/mol. The van der Waals surface area contributed by atoms with Gasteiger partial charge in [-0.15, -0.1) is 0 Å². The Morgan fingerprint density at radius 1 is 1.33 bits per heavy atom. The molecule has 0 radical (unpaired) electrons. The zero-order valence-corrected chi connectivity index (χ0v) is 15.1. The minimum absolute atomic E-state index is 0.0918. The highest BCUT2D eigenvalue weighted by molar-refractivity contribution is 7.89. The van der Waals surface area contributed by atoms with Crippen LogP contribution in [-0.2, 0) is 24.3 Å². The van der Waals surface area contributed by atoms with Gasteiger partial charge >= 0.3 is 5.97 Å². The Hall–Kier alpha value is -2.55. The highest BCUT2D eigenvalue weighted by atomic mass is 32.2. The molecule has 0 bridgehead atoms. The first-order valence-electron chi connectivity index (χ1n) is 8.04. The lowest BCUT2D eigenvalue weighted by molar-refractivity contribution is -0.124. The Labute approximate surface area is 155 Å². The van der Waals surface area contributed by atoms with Crippen molar-refractivity contribution < 1.29 is 31.9 Å². The molecule has 11 heteroatoms. The van der Waals surface area contributed by atoms with Crippen LogP contribution in [0.2, 0.25) is 0 Å². The van der Waals surface area contributed by atoms with Gasteiger partial charge in [-0.25, -0.2) is 17.6 Å². The van der Waals surface area contributed by atoms with Gasteiger partial charge in [-0.3, -0.25) is 4.79 Å². The average Bonchev–Trinajstić information content (AvgIpc) is 2.67. The fourth-order valence-electron chi connectivity index (χ4n) is 2.27. The molecule has 27 heavy (non-hydrogen) atoms. The second-order valence-corrected chi connectivity index (χ2v) is 7.43. The maximum atomic E-state index is 14.0. The van der Waals surface area contributed by atoms with Crippen LogP contribution in [-0.4, -0.2) is 64.1 Å². The molecular weight excluding hydrogens is 381 g/mol. The summed E-state index contributed by atoms with van der Waals surface area (Å²) in [5.41, 5.74) is -0.589. The molecule has 1 aliphatic heterocycles. The normalized spacial score (nSPS) is 15.0. The summed E-state index contributed by atoms with van der Waals surface area (Å²) in [5, 5.41) is 10.7. The molecule has 1 fully saturated rings. The van der Waals surface area contributed by atoms with E-state index in [1.165, 1.54) is 4.31 Å². The molecule has 0 aromatic heterocycles. The summed E-state index contributed by atoms with van der Waals surface area (Å²) in [7, 11) is -3.91. The standard InChI is InChI=1S/C16H18FN3O6S/c17-14-3-2-12(27(23,24)20-6-8-25-9-7-20)10-13(14)16(22)26-11-15(21)19-5-1-4-18/h2-3,10H,1,5-9,11H2,(H,19,21). The van der Waals surface area contributed by atoms with E-state index in [2.05, 4.69) is 5.32 Å². The number of nitrogens with one attached hydrogen (secondary N) is 1. The second-order valence-electron chi connectivity index (χ2n) is 5.49. The molecule has 1 heterocycles. The SMILES string of the molecule is N#CCCNC(=O)COC(=O)c1cc(S(=O)(=O)N2CCOCC2)ccc1F. The summed E-state index contributed by atoms with van der Waals surface area (Å²) < 4.78 is 50.1. The summed E-state index contributed by atoms with van der Waals surface area (Å²) in [4.78, 5) is 23.2. The summed E-state index contributed by atoms with van der Waals surface area (Å²) in [6, 6.07) is 4.63. The zero-order valence-electron chi connectivity index (χ0n) is 14.3. The Morgan fingerprint density at radius 3 is 2.70 bits per heavy atom. The van der Waals surface area contributed by atoms with E-state index in [4.69, 9.17) is 14.7 Å². The number of benzene rings is 1. The van der Waals surface area contributed by atoms with Crippen molar-refractivity contribution in [2.75, 3.05) is 39.5 Å². The van der Waals surface area contributed by atoms with Gasteiger partial charge in [-0.1, -0.05) is 0 Å². The number of amides is 1. The maximum absolute atomic E-state index is 14.0. The molecule has 0 unspecified atom stereocenters. The van der Waals surface area contributed by atoms with Crippen molar-refractivity contribution in [1.29, 1.82) is 5.26 Å². The van der Waals surface area contributed by atoms with Gasteiger partial charge in [0.25, 0.3) is 5.91 Å². The van der Waals surface area contributed by atoms with E-state index in [0.717, 1.165) is 18.2 Å². The summed E-state index contributed by atoms with van der Waals surface area (Å²) in [5.74, 6) is -2.79. The average molecular weight is 399 g/mol. The smallest absolute Gasteiger partial charge is 0.341 e. The number of carbonyl (C=O) groups is 2. The molecule has 1 amide bonds. The van der Waals surface area contributed by atoms with Crippen molar-refractivity contribution in [3.8, 4) is 6.07 Å². The molecule has 1 aliphatic rings. The van der Waals surface area contributed by atoms with Gasteiger partial charge in [0.05, 0.1) is 36.2 Å². The Kier molecular flexibility index (Phi) is 7.23. The number of esters is 1. The van der Waals surface area contributed by atoms with Gasteiger partial charge in [0.1, 0.15) is 5.82 Å². The number of nitriles is 1. The van der Waals surface area contributed by atoms with Gasteiger partial charge in [0.15, 0.2) is 6.61 Å². The number of sulfonamides is 1. The third kappa shape index (κ3) is 5.46. The van der Waals surface area contributed by atoms with Crippen LogP contribution in [0.15, 0.2) is 23.1 Å². The Morgan fingerprint density at radius 2 is 2.04 bits per heavy atom. The van der Waals surface area contributed by atoms with Crippen LogP contribution in [0.5, 0.6) is 0 Å². The van der Waals surface area contributed by atoms with E-state index < -0.39 is 39.9 Å². The Bertz CT molecular complexity index is 846. The lowest BCUT2D eigenvalue weighted by Gasteiger charge is -2.26. The van der Waals surface area contributed by atoms with Crippen LogP contribution in [0, 0.1) is 17.1 Å². The van der Waals surface area contributed by atoms with Crippen LogP contribution in [0.3, 0.4) is 0 Å². The highest BCUT2D eigenvalue weighted by Crippen LogP contribution is 2.20. The molecule has 0 atom stereocenters.